The SMILES string of the molecule is Cc1cc(N)nc(COC/C=C/CN)c1. The van der Waals surface area contributed by atoms with Crippen molar-refractivity contribution < 1.29 is 4.74 Å². The van der Waals surface area contributed by atoms with Crippen LogP contribution < -0.4 is 11.5 Å². The lowest BCUT2D eigenvalue weighted by molar-refractivity contribution is 0.145. The van der Waals surface area contributed by atoms with E-state index in [1.165, 1.54) is 0 Å². The molecule has 0 saturated heterocycles. The summed E-state index contributed by atoms with van der Waals surface area (Å²) in [5, 5.41) is 0. The number of hydrogen-bond donors (Lipinski definition) is 2. The monoisotopic (exact) mass is 207 g/mol. The maximum Gasteiger partial charge on any atom is 0.123 e. The van der Waals surface area contributed by atoms with Crippen LogP contribution >= 0.6 is 0 Å². The highest BCUT2D eigenvalue weighted by molar-refractivity contribution is 5.33. The lowest BCUT2D eigenvalue weighted by Gasteiger charge is -2.03. The van der Waals surface area contributed by atoms with Crippen LogP contribution in [0.4, 0.5) is 5.82 Å². The van der Waals surface area contributed by atoms with Gasteiger partial charge < -0.3 is 16.2 Å². The molecule has 1 rings (SSSR count). The molecule has 0 aromatic carbocycles. The van der Waals surface area contributed by atoms with E-state index in [1.54, 1.807) is 0 Å². The quantitative estimate of drug-likeness (QED) is 0.558. The van der Waals surface area contributed by atoms with Crippen molar-refractivity contribution in [1.82, 2.24) is 4.98 Å². The van der Waals surface area contributed by atoms with Gasteiger partial charge in [-0.1, -0.05) is 12.2 Å². The van der Waals surface area contributed by atoms with Crippen LogP contribution in [0, 0.1) is 6.92 Å². The first-order valence-electron chi connectivity index (χ1n) is 4.88. The van der Waals surface area contributed by atoms with E-state index < -0.39 is 0 Å². The molecule has 0 saturated carbocycles. The molecule has 1 aromatic rings. The average Bonchev–Trinajstić information content (AvgIpc) is 2.16. The summed E-state index contributed by atoms with van der Waals surface area (Å²) in [6.45, 7) is 3.54. The van der Waals surface area contributed by atoms with Crippen LogP contribution in [-0.4, -0.2) is 18.1 Å². The Balaban J connectivity index is 2.40. The number of nitrogens with two attached hydrogens (primary N) is 2. The minimum atomic E-state index is 0.473. The minimum Gasteiger partial charge on any atom is -0.384 e. The number of ether oxygens (including phenoxy) is 1. The molecule has 0 fully saturated rings. The largest absolute Gasteiger partial charge is 0.384 e. The zero-order chi connectivity index (χ0) is 11.1. The third-order valence-electron chi connectivity index (χ3n) is 1.81. The molecule has 0 aliphatic heterocycles. The summed E-state index contributed by atoms with van der Waals surface area (Å²) >= 11 is 0. The fourth-order valence-electron chi connectivity index (χ4n) is 1.24. The number of anilines is 1. The Labute approximate surface area is 89.9 Å². The summed E-state index contributed by atoms with van der Waals surface area (Å²) in [7, 11) is 0. The molecule has 4 N–H and O–H groups in total. The molecule has 0 unspecified atom stereocenters. The summed E-state index contributed by atoms with van der Waals surface area (Å²) < 4.78 is 5.37. The van der Waals surface area contributed by atoms with Crippen molar-refractivity contribution in [2.24, 2.45) is 5.73 Å². The van der Waals surface area contributed by atoms with E-state index in [9.17, 15) is 0 Å². The van der Waals surface area contributed by atoms with Gasteiger partial charge in [0.1, 0.15) is 5.82 Å². The van der Waals surface area contributed by atoms with Gasteiger partial charge in [-0.3, -0.25) is 0 Å². The lowest BCUT2D eigenvalue weighted by Crippen LogP contribution is -2.00. The minimum absolute atomic E-state index is 0.473. The van der Waals surface area contributed by atoms with Crippen molar-refractivity contribution in [3.63, 3.8) is 0 Å². The van der Waals surface area contributed by atoms with Crippen molar-refractivity contribution in [2.75, 3.05) is 18.9 Å². The van der Waals surface area contributed by atoms with Crippen molar-refractivity contribution >= 4 is 5.82 Å². The molecule has 82 valence electrons. The van der Waals surface area contributed by atoms with Crippen LogP contribution in [0.1, 0.15) is 11.3 Å². The molecule has 0 spiro atoms. The zero-order valence-electron chi connectivity index (χ0n) is 8.94. The first-order valence-corrected chi connectivity index (χ1v) is 4.88. The lowest BCUT2D eigenvalue weighted by atomic mass is 10.2. The molecule has 0 amide bonds. The third kappa shape index (κ3) is 4.58. The van der Waals surface area contributed by atoms with Gasteiger partial charge in [-0.15, -0.1) is 0 Å². The molecule has 4 heteroatoms. The molecule has 1 aromatic heterocycles. The molecule has 0 aliphatic rings. The summed E-state index contributed by atoms with van der Waals surface area (Å²) in [5.41, 5.74) is 12.9. The Bertz CT molecular complexity index is 316. The van der Waals surface area contributed by atoms with Crippen molar-refractivity contribution in [2.45, 2.75) is 13.5 Å². The Hall–Kier alpha value is -1.39. The van der Waals surface area contributed by atoms with Crippen molar-refractivity contribution in [1.29, 1.82) is 0 Å². The Morgan fingerprint density at radius 1 is 1.40 bits per heavy atom. The predicted molar refractivity (Wildman–Crippen MR) is 61.2 cm³/mol. The summed E-state index contributed by atoms with van der Waals surface area (Å²) in [5.74, 6) is 0.533. The molecule has 4 nitrogen and oxygen atoms in total. The number of nitrogen functional groups attached to an aromatic ring is 1. The highest BCUT2D eigenvalue weighted by Crippen LogP contribution is 2.07. The van der Waals surface area contributed by atoms with Crippen LogP contribution in [0.5, 0.6) is 0 Å². The van der Waals surface area contributed by atoms with Crippen LogP contribution in [0.3, 0.4) is 0 Å². The number of aromatic nitrogens is 1. The Morgan fingerprint density at radius 2 is 2.20 bits per heavy atom. The number of nitrogens with zero attached hydrogens (tertiary/aromatic N) is 1. The summed E-state index contributed by atoms with van der Waals surface area (Å²) in [6, 6.07) is 3.79. The molecule has 15 heavy (non-hydrogen) atoms. The van der Waals surface area contributed by atoms with E-state index in [0.717, 1.165) is 11.3 Å². The van der Waals surface area contributed by atoms with E-state index in [2.05, 4.69) is 4.98 Å². The number of pyridine rings is 1. The van der Waals surface area contributed by atoms with E-state index in [-0.39, 0.29) is 0 Å². The number of aryl methyl sites for hydroxylation is 1. The van der Waals surface area contributed by atoms with Crippen LogP contribution in [0.2, 0.25) is 0 Å². The Morgan fingerprint density at radius 3 is 2.87 bits per heavy atom. The molecular weight excluding hydrogens is 190 g/mol. The van der Waals surface area contributed by atoms with E-state index in [0.29, 0.717) is 25.6 Å². The topological polar surface area (TPSA) is 74.2 Å². The fourth-order valence-corrected chi connectivity index (χ4v) is 1.24. The van der Waals surface area contributed by atoms with Crippen LogP contribution in [0.25, 0.3) is 0 Å². The van der Waals surface area contributed by atoms with E-state index in [1.807, 2.05) is 31.2 Å². The van der Waals surface area contributed by atoms with Gasteiger partial charge in [0.05, 0.1) is 18.9 Å². The third-order valence-corrected chi connectivity index (χ3v) is 1.81. The standard InChI is InChI=1S/C11H17N3O/c1-9-6-10(14-11(13)7-9)8-15-5-3-2-4-12/h2-3,6-7H,4-5,8,12H2,1H3,(H2,13,14)/b3-2+. The molecular formula is C11H17N3O. The van der Waals surface area contributed by atoms with Gasteiger partial charge in [-0.2, -0.15) is 0 Å². The normalized spacial score (nSPS) is 11.1. The average molecular weight is 207 g/mol. The maximum atomic E-state index is 5.61. The predicted octanol–water partition coefficient (Wildman–Crippen LogP) is 1.00. The molecule has 1 heterocycles. The second kappa shape index (κ2) is 6.16. The van der Waals surface area contributed by atoms with Crippen molar-refractivity contribution in [3.8, 4) is 0 Å². The highest BCUT2D eigenvalue weighted by Gasteiger charge is 1.97. The molecule has 0 aliphatic carbocycles. The second-order valence-electron chi connectivity index (χ2n) is 3.28. The van der Waals surface area contributed by atoms with Gasteiger partial charge in [0.25, 0.3) is 0 Å². The van der Waals surface area contributed by atoms with E-state index >= 15 is 0 Å². The van der Waals surface area contributed by atoms with Gasteiger partial charge in [0.15, 0.2) is 0 Å². The van der Waals surface area contributed by atoms with Gasteiger partial charge in [0.2, 0.25) is 0 Å². The fraction of sp³-hybridized carbons (Fsp3) is 0.364. The molecule has 0 bridgehead atoms. The smallest absolute Gasteiger partial charge is 0.123 e. The van der Waals surface area contributed by atoms with Gasteiger partial charge in [0, 0.05) is 6.54 Å². The zero-order valence-corrected chi connectivity index (χ0v) is 8.94. The highest BCUT2D eigenvalue weighted by atomic mass is 16.5. The first kappa shape index (κ1) is 11.7. The first-order chi connectivity index (χ1) is 7.22. The Kier molecular flexibility index (Phi) is 4.80. The maximum absolute atomic E-state index is 5.61. The summed E-state index contributed by atoms with van der Waals surface area (Å²) in [4.78, 5) is 4.16. The van der Waals surface area contributed by atoms with Gasteiger partial charge >= 0.3 is 0 Å². The molecule has 0 atom stereocenters. The molecule has 0 radical (unpaired) electrons. The number of rotatable bonds is 5. The summed E-state index contributed by atoms with van der Waals surface area (Å²) in [6.07, 6.45) is 3.75. The van der Waals surface area contributed by atoms with Crippen molar-refractivity contribution in [3.05, 3.63) is 35.5 Å². The second-order valence-corrected chi connectivity index (χ2v) is 3.28. The van der Waals surface area contributed by atoms with E-state index in [4.69, 9.17) is 16.2 Å². The van der Waals surface area contributed by atoms with Gasteiger partial charge in [-0.05, 0) is 24.6 Å². The number of hydrogen-bond acceptors (Lipinski definition) is 4. The van der Waals surface area contributed by atoms with Crippen LogP contribution in [-0.2, 0) is 11.3 Å². The van der Waals surface area contributed by atoms with Gasteiger partial charge in [-0.25, -0.2) is 4.98 Å². The van der Waals surface area contributed by atoms with Crippen LogP contribution in [0.15, 0.2) is 24.3 Å².